The highest BCUT2D eigenvalue weighted by molar-refractivity contribution is 5.81. The zero-order valence-electron chi connectivity index (χ0n) is 8.43. The molecule has 0 bridgehead atoms. The average molecular weight is 227 g/mol. The van der Waals surface area contributed by atoms with Crippen LogP contribution in [-0.4, -0.2) is 43.7 Å². The molecule has 0 aliphatic carbocycles. The molecule has 0 atom stereocenters. The van der Waals surface area contributed by atoms with Crippen molar-refractivity contribution in [1.29, 1.82) is 0 Å². The second-order valence-electron chi connectivity index (χ2n) is 2.94. The maximum atomic E-state index is 11.7. The second kappa shape index (κ2) is 5.57. The molecule has 4 nitrogen and oxygen atoms in total. The molecule has 0 aromatic heterocycles. The summed E-state index contributed by atoms with van der Waals surface area (Å²) in [5.41, 5.74) is 0. The Balaban J connectivity index is 3.95. The number of halogens is 3. The van der Waals surface area contributed by atoms with Crippen LogP contribution in [0.4, 0.5) is 13.2 Å². The number of alkyl halides is 3. The number of ether oxygens (including phenoxy) is 1. The fraction of sp³-hybridized carbons (Fsp3) is 0.750. The van der Waals surface area contributed by atoms with E-state index in [2.05, 4.69) is 4.74 Å². The van der Waals surface area contributed by atoms with Crippen molar-refractivity contribution >= 4 is 11.9 Å². The normalized spacial score (nSPS) is 11.0. The Morgan fingerprint density at radius 2 is 1.87 bits per heavy atom. The molecule has 0 heterocycles. The van der Waals surface area contributed by atoms with Crippen molar-refractivity contribution in [3.8, 4) is 0 Å². The largest absolute Gasteiger partial charge is 0.468 e. The number of esters is 1. The number of hydrogen-bond donors (Lipinski definition) is 0. The fourth-order valence-corrected chi connectivity index (χ4v) is 0.786. The molecular weight excluding hydrogens is 215 g/mol. The van der Waals surface area contributed by atoms with Gasteiger partial charge >= 0.3 is 12.1 Å². The van der Waals surface area contributed by atoms with Gasteiger partial charge in [-0.3, -0.25) is 9.59 Å². The second-order valence-corrected chi connectivity index (χ2v) is 2.94. The van der Waals surface area contributed by atoms with E-state index in [0.29, 0.717) is 0 Å². The highest BCUT2D eigenvalue weighted by atomic mass is 19.4. The number of carbonyl (C=O) groups excluding carboxylic acids is 2. The maximum Gasteiger partial charge on any atom is 0.389 e. The summed E-state index contributed by atoms with van der Waals surface area (Å²) in [6, 6.07) is 0. The molecular formula is C8H12F3NO3. The molecule has 1 amide bonds. The average Bonchev–Trinajstić information content (AvgIpc) is 2.12. The maximum absolute atomic E-state index is 11.7. The first-order chi connectivity index (χ1) is 6.76. The molecule has 0 radical (unpaired) electrons. The lowest BCUT2D eigenvalue weighted by molar-refractivity contribution is -0.152. The molecule has 0 aliphatic heterocycles. The minimum Gasteiger partial charge on any atom is -0.468 e. The van der Waals surface area contributed by atoms with E-state index >= 15 is 0 Å². The third-order valence-corrected chi connectivity index (χ3v) is 1.64. The van der Waals surface area contributed by atoms with E-state index in [1.54, 1.807) is 0 Å². The van der Waals surface area contributed by atoms with Gasteiger partial charge in [-0.1, -0.05) is 0 Å². The fourth-order valence-electron chi connectivity index (χ4n) is 0.786. The Morgan fingerprint density at radius 3 is 2.27 bits per heavy atom. The summed E-state index contributed by atoms with van der Waals surface area (Å²) in [5, 5.41) is 0. The highest BCUT2D eigenvalue weighted by Crippen LogP contribution is 2.21. The quantitative estimate of drug-likeness (QED) is 0.672. The lowest BCUT2D eigenvalue weighted by atomic mass is 10.3. The first-order valence-electron chi connectivity index (χ1n) is 4.14. The molecule has 0 N–H and O–H groups in total. The molecule has 88 valence electrons. The van der Waals surface area contributed by atoms with Gasteiger partial charge in [0.1, 0.15) is 6.54 Å². The van der Waals surface area contributed by atoms with E-state index in [0.717, 1.165) is 12.0 Å². The summed E-state index contributed by atoms with van der Waals surface area (Å²) in [6.07, 6.45) is -6.20. The molecule has 0 saturated heterocycles. The molecule has 0 saturated carbocycles. The molecule has 0 aromatic carbocycles. The van der Waals surface area contributed by atoms with Crippen molar-refractivity contribution in [2.24, 2.45) is 0 Å². The van der Waals surface area contributed by atoms with E-state index in [-0.39, 0.29) is 6.54 Å². The van der Waals surface area contributed by atoms with Crippen LogP contribution >= 0.6 is 0 Å². The van der Waals surface area contributed by atoms with Crippen molar-refractivity contribution < 1.29 is 27.5 Å². The van der Waals surface area contributed by atoms with E-state index in [9.17, 15) is 22.8 Å². The van der Waals surface area contributed by atoms with Crippen LogP contribution < -0.4 is 0 Å². The minimum absolute atomic E-state index is 0.340. The zero-order chi connectivity index (χ0) is 12.1. The summed E-state index contributed by atoms with van der Waals surface area (Å²) in [6.45, 7) is -0.340. The van der Waals surface area contributed by atoms with Crippen LogP contribution in [0.25, 0.3) is 0 Å². The summed E-state index contributed by atoms with van der Waals surface area (Å²) in [5.74, 6) is -1.41. The van der Waals surface area contributed by atoms with Gasteiger partial charge in [0, 0.05) is 13.5 Å². The van der Waals surface area contributed by atoms with Crippen LogP contribution in [0.1, 0.15) is 12.8 Å². The predicted octanol–water partition coefficient (Wildman–Crippen LogP) is 0.960. The molecule has 0 unspecified atom stereocenters. The third kappa shape index (κ3) is 6.75. The van der Waals surface area contributed by atoms with Gasteiger partial charge in [-0.25, -0.2) is 0 Å². The predicted molar refractivity (Wildman–Crippen MR) is 44.9 cm³/mol. The lowest BCUT2D eigenvalue weighted by Crippen LogP contribution is -2.33. The molecule has 7 heteroatoms. The number of rotatable bonds is 4. The Morgan fingerprint density at radius 1 is 1.33 bits per heavy atom. The van der Waals surface area contributed by atoms with Crippen LogP contribution in [0, 0.1) is 0 Å². The van der Waals surface area contributed by atoms with Crippen molar-refractivity contribution in [3.05, 3.63) is 0 Å². The summed E-state index contributed by atoms with van der Waals surface area (Å²) >= 11 is 0. The van der Waals surface area contributed by atoms with Crippen LogP contribution in [0.2, 0.25) is 0 Å². The van der Waals surface area contributed by atoms with Gasteiger partial charge < -0.3 is 9.64 Å². The molecule has 15 heavy (non-hydrogen) atoms. The minimum atomic E-state index is -4.36. The Hall–Kier alpha value is -1.27. The van der Waals surface area contributed by atoms with Crippen LogP contribution in [0.15, 0.2) is 0 Å². The number of carbonyl (C=O) groups is 2. The number of nitrogens with zero attached hydrogens (tertiary/aromatic N) is 1. The van der Waals surface area contributed by atoms with Crippen LogP contribution in [-0.2, 0) is 14.3 Å². The van der Waals surface area contributed by atoms with Gasteiger partial charge in [-0.05, 0) is 0 Å². The molecule has 0 aliphatic rings. The van der Waals surface area contributed by atoms with E-state index in [4.69, 9.17) is 0 Å². The monoisotopic (exact) mass is 227 g/mol. The Bertz CT molecular complexity index is 240. The van der Waals surface area contributed by atoms with Gasteiger partial charge in [0.15, 0.2) is 0 Å². The van der Waals surface area contributed by atoms with E-state index in [1.807, 2.05) is 0 Å². The first-order valence-corrected chi connectivity index (χ1v) is 4.14. The number of hydrogen-bond acceptors (Lipinski definition) is 3. The van der Waals surface area contributed by atoms with Gasteiger partial charge in [0.2, 0.25) is 5.91 Å². The summed E-state index contributed by atoms with van der Waals surface area (Å²) in [4.78, 5) is 22.6. The number of amides is 1. The van der Waals surface area contributed by atoms with Crippen molar-refractivity contribution in [2.45, 2.75) is 19.0 Å². The Labute approximate surface area is 85.0 Å². The van der Waals surface area contributed by atoms with Gasteiger partial charge in [-0.2, -0.15) is 13.2 Å². The number of likely N-dealkylation sites (N-methyl/N-ethyl adjacent to an activating group) is 1. The van der Waals surface area contributed by atoms with Gasteiger partial charge in [0.05, 0.1) is 13.5 Å². The standard InChI is InChI=1S/C8H12F3NO3/c1-12(5-7(14)15-2)6(13)3-4-8(9,10)11/h3-5H2,1-2H3. The smallest absolute Gasteiger partial charge is 0.389 e. The molecule has 0 rings (SSSR count). The van der Waals surface area contributed by atoms with Crippen LogP contribution in [0.5, 0.6) is 0 Å². The van der Waals surface area contributed by atoms with Crippen molar-refractivity contribution in [1.82, 2.24) is 4.90 Å². The van der Waals surface area contributed by atoms with E-state index < -0.39 is 30.9 Å². The Kier molecular flexibility index (Phi) is 5.10. The molecule has 0 fully saturated rings. The highest BCUT2D eigenvalue weighted by Gasteiger charge is 2.28. The van der Waals surface area contributed by atoms with Crippen molar-refractivity contribution in [2.75, 3.05) is 20.7 Å². The lowest BCUT2D eigenvalue weighted by Gasteiger charge is -2.15. The third-order valence-electron chi connectivity index (χ3n) is 1.64. The SMILES string of the molecule is COC(=O)CN(C)C(=O)CCC(F)(F)F. The molecule has 0 spiro atoms. The molecule has 0 aromatic rings. The first kappa shape index (κ1) is 13.7. The topological polar surface area (TPSA) is 46.6 Å². The van der Waals surface area contributed by atoms with Gasteiger partial charge in [-0.15, -0.1) is 0 Å². The number of methoxy groups -OCH3 is 1. The summed E-state index contributed by atoms with van der Waals surface area (Å²) in [7, 11) is 2.38. The zero-order valence-corrected chi connectivity index (χ0v) is 8.43. The van der Waals surface area contributed by atoms with Crippen molar-refractivity contribution in [3.63, 3.8) is 0 Å². The van der Waals surface area contributed by atoms with Crippen LogP contribution in [0.3, 0.4) is 0 Å². The summed E-state index contributed by atoms with van der Waals surface area (Å²) < 4.78 is 39.5. The van der Waals surface area contributed by atoms with Gasteiger partial charge in [0.25, 0.3) is 0 Å². The van der Waals surface area contributed by atoms with E-state index in [1.165, 1.54) is 7.05 Å².